The van der Waals surface area contributed by atoms with Gasteiger partial charge in [0.05, 0.1) is 24.4 Å². The average molecular weight is 384 g/mol. The highest BCUT2D eigenvalue weighted by Crippen LogP contribution is 2.31. The second-order valence-electron chi connectivity index (χ2n) is 6.51. The number of hydrogen-bond acceptors (Lipinski definition) is 4. The average Bonchev–Trinajstić information content (AvgIpc) is 3.15. The molecule has 2 heterocycles. The number of nitrogens with zero attached hydrogens (tertiary/aromatic N) is 1. The van der Waals surface area contributed by atoms with Gasteiger partial charge in [-0.2, -0.15) is 0 Å². The second kappa shape index (κ2) is 7.80. The zero-order valence-corrected chi connectivity index (χ0v) is 15.0. The standard InChI is InChI=1S/C21H18F2N2O3/c22-14-5-3-6-15(23)21(14)18-12-24-20(28-18)9-8-19(26)25-16-10-11-27-17-7-2-1-4-13(16)17/h1-7,12,16H,8-11H2,(H,25,26). The van der Waals surface area contributed by atoms with Crippen LogP contribution in [0.3, 0.4) is 0 Å². The SMILES string of the molecule is O=C(CCc1ncc(-c2c(F)cccc2F)o1)NC1CCOc2ccccc21. The Bertz CT molecular complexity index is 983. The first-order chi connectivity index (χ1) is 13.6. The van der Waals surface area contributed by atoms with Crippen LogP contribution in [0.2, 0.25) is 0 Å². The number of rotatable bonds is 5. The summed E-state index contributed by atoms with van der Waals surface area (Å²) < 4.78 is 38.7. The molecule has 28 heavy (non-hydrogen) atoms. The van der Waals surface area contributed by atoms with Gasteiger partial charge in [-0.3, -0.25) is 4.79 Å². The Labute approximate surface area is 160 Å². The van der Waals surface area contributed by atoms with Gasteiger partial charge in [-0.05, 0) is 18.2 Å². The van der Waals surface area contributed by atoms with Crippen LogP contribution in [0.5, 0.6) is 5.75 Å². The number of oxazole rings is 1. The lowest BCUT2D eigenvalue weighted by molar-refractivity contribution is -0.122. The third-order valence-electron chi connectivity index (χ3n) is 4.62. The molecular formula is C21H18F2N2O3. The topological polar surface area (TPSA) is 64.4 Å². The summed E-state index contributed by atoms with van der Waals surface area (Å²) in [5.41, 5.74) is 0.694. The third kappa shape index (κ3) is 3.74. The van der Waals surface area contributed by atoms with Crippen LogP contribution in [0.1, 0.15) is 30.3 Å². The van der Waals surface area contributed by atoms with Crippen LogP contribution in [-0.2, 0) is 11.2 Å². The monoisotopic (exact) mass is 384 g/mol. The van der Waals surface area contributed by atoms with Gasteiger partial charge in [-0.15, -0.1) is 0 Å². The van der Waals surface area contributed by atoms with Crippen molar-refractivity contribution in [3.63, 3.8) is 0 Å². The van der Waals surface area contributed by atoms with Crippen molar-refractivity contribution in [3.8, 4) is 17.1 Å². The van der Waals surface area contributed by atoms with Gasteiger partial charge in [-0.1, -0.05) is 24.3 Å². The fourth-order valence-corrected chi connectivity index (χ4v) is 3.25. The van der Waals surface area contributed by atoms with E-state index in [2.05, 4.69) is 10.3 Å². The van der Waals surface area contributed by atoms with Gasteiger partial charge in [0.2, 0.25) is 5.91 Å². The van der Waals surface area contributed by atoms with E-state index in [4.69, 9.17) is 9.15 Å². The minimum atomic E-state index is -0.723. The number of amides is 1. The molecule has 3 aromatic rings. The molecule has 1 aliphatic rings. The summed E-state index contributed by atoms with van der Waals surface area (Å²) in [5, 5.41) is 2.99. The van der Waals surface area contributed by atoms with Gasteiger partial charge in [0.1, 0.15) is 17.4 Å². The maximum absolute atomic E-state index is 13.8. The number of carbonyl (C=O) groups excluding carboxylic acids is 1. The summed E-state index contributed by atoms with van der Waals surface area (Å²) in [7, 11) is 0. The Morgan fingerprint density at radius 3 is 2.75 bits per heavy atom. The number of carbonyl (C=O) groups is 1. The molecule has 1 N–H and O–H groups in total. The summed E-state index contributed by atoms with van der Waals surface area (Å²) in [5.74, 6) is -0.566. The predicted molar refractivity (Wildman–Crippen MR) is 97.6 cm³/mol. The van der Waals surface area contributed by atoms with Crippen LogP contribution in [0.4, 0.5) is 8.78 Å². The van der Waals surface area contributed by atoms with Gasteiger partial charge in [0.15, 0.2) is 11.7 Å². The van der Waals surface area contributed by atoms with E-state index in [1.807, 2.05) is 24.3 Å². The molecule has 1 amide bonds. The Balaban J connectivity index is 1.38. The maximum atomic E-state index is 13.8. The fraction of sp³-hybridized carbons (Fsp3) is 0.238. The van der Waals surface area contributed by atoms with Crippen molar-refractivity contribution in [2.45, 2.75) is 25.3 Å². The minimum Gasteiger partial charge on any atom is -0.493 e. The number of para-hydroxylation sites is 1. The lowest BCUT2D eigenvalue weighted by Crippen LogP contribution is -2.32. The highest BCUT2D eigenvalue weighted by molar-refractivity contribution is 5.76. The number of aromatic nitrogens is 1. The third-order valence-corrected chi connectivity index (χ3v) is 4.62. The van der Waals surface area contributed by atoms with Crippen LogP contribution in [0.15, 0.2) is 53.1 Å². The van der Waals surface area contributed by atoms with Gasteiger partial charge >= 0.3 is 0 Å². The summed E-state index contributed by atoms with van der Waals surface area (Å²) in [6.45, 7) is 0.541. The largest absolute Gasteiger partial charge is 0.493 e. The number of benzene rings is 2. The van der Waals surface area contributed by atoms with Crippen molar-refractivity contribution in [1.82, 2.24) is 10.3 Å². The fourth-order valence-electron chi connectivity index (χ4n) is 3.25. The van der Waals surface area contributed by atoms with Crippen LogP contribution in [0.25, 0.3) is 11.3 Å². The highest BCUT2D eigenvalue weighted by Gasteiger charge is 2.23. The quantitative estimate of drug-likeness (QED) is 0.716. The van der Waals surface area contributed by atoms with Crippen molar-refractivity contribution in [2.75, 3.05) is 6.61 Å². The predicted octanol–water partition coefficient (Wildman–Crippen LogP) is 4.19. The molecule has 4 rings (SSSR count). The van der Waals surface area contributed by atoms with Crippen molar-refractivity contribution >= 4 is 5.91 Å². The Morgan fingerprint density at radius 1 is 1.14 bits per heavy atom. The van der Waals surface area contributed by atoms with Gasteiger partial charge in [-0.25, -0.2) is 13.8 Å². The van der Waals surface area contributed by atoms with Crippen molar-refractivity contribution in [2.24, 2.45) is 0 Å². The number of aryl methyl sites for hydroxylation is 1. The van der Waals surface area contributed by atoms with Crippen molar-refractivity contribution < 1.29 is 22.7 Å². The Morgan fingerprint density at radius 2 is 1.93 bits per heavy atom. The van der Waals surface area contributed by atoms with E-state index in [9.17, 15) is 13.6 Å². The highest BCUT2D eigenvalue weighted by atomic mass is 19.1. The summed E-state index contributed by atoms with van der Waals surface area (Å²) in [4.78, 5) is 16.4. The van der Waals surface area contributed by atoms with E-state index in [1.165, 1.54) is 12.3 Å². The molecule has 5 nitrogen and oxygen atoms in total. The number of ether oxygens (including phenoxy) is 1. The van der Waals surface area contributed by atoms with E-state index < -0.39 is 11.6 Å². The van der Waals surface area contributed by atoms with E-state index >= 15 is 0 Å². The molecule has 1 atom stereocenters. The molecule has 1 unspecified atom stereocenters. The van der Waals surface area contributed by atoms with Gasteiger partial charge in [0.25, 0.3) is 0 Å². The molecule has 0 bridgehead atoms. The summed E-state index contributed by atoms with van der Waals surface area (Å²) in [6, 6.07) is 11.1. The lowest BCUT2D eigenvalue weighted by Gasteiger charge is -2.26. The van der Waals surface area contributed by atoms with E-state index in [-0.39, 0.29) is 42.0 Å². The van der Waals surface area contributed by atoms with Crippen LogP contribution < -0.4 is 10.1 Å². The molecule has 2 aromatic carbocycles. The molecule has 0 saturated heterocycles. The molecular weight excluding hydrogens is 366 g/mol. The van der Waals surface area contributed by atoms with E-state index in [0.29, 0.717) is 13.0 Å². The van der Waals surface area contributed by atoms with Crippen LogP contribution in [0, 0.1) is 11.6 Å². The molecule has 0 saturated carbocycles. The van der Waals surface area contributed by atoms with Crippen molar-refractivity contribution in [1.29, 1.82) is 0 Å². The summed E-state index contributed by atoms with van der Waals surface area (Å²) in [6.07, 6.45) is 2.34. The van der Waals surface area contributed by atoms with E-state index in [0.717, 1.165) is 23.4 Å². The normalized spacial score (nSPS) is 15.6. The Kier molecular flexibility index (Phi) is 5.06. The molecule has 1 aliphatic heterocycles. The Hall–Kier alpha value is -3.22. The molecule has 144 valence electrons. The minimum absolute atomic E-state index is 0.00404. The van der Waals surface area contributed by atoms with E-state index in [1.54, 1.807) is 0 Å². The smallest absolute Gasteiger partial charge is 0.220 e. The zero-order chi connectivity index (χ0) is 19.5. The number of halogens is 2. The van der Waals surface area contributed by atoms with Crippen molar-refractivity contribution in [3.05, 3.63) is 71.8 Å². The molecule has 0 aliphatic carbocycles. The molecule has 0 fully saturated rings. The number of nitrogens with one attached hydrogen (secondary N) is 1. The van der Waals surface area contributed by atoms with Gasteiger partial charge in [0, 0.05) is 24.8 Å². The first-order valence-corrected chi connectivity index (χ1v) is 9.02. The first-order valence-electron chi connectivity index (χ1n) is 9.02. The second-order valence-corrected chi connectivity index (χ2v) is 6.51. The number of hydrogen-bond donors (Lipinski definition) is 1. The molecule has 1 aromatic heterocycles. The first kappa shape index (κ1) is 18.2. The van der Waals surface area contributed by atoms with Gasteiger partial charge < -0.3 is 14.5 Å². The molecule has 0 spiro atoms. The maximum Gasteiger partial charge on any atom is 0.220 e. The number of fused-ring (bicyclic) bond motifs is 1. The van der Waals surface area contributed by atoms with Crippen LogP contribution in [-0.4, -0.2) is 17.5 Å². The van der Waals surface area contributed by atoms with Crippen LogP contribution >= 0.6 is 0 Å². The zero-order valence-electron chi connectivity index (χ0n) is 15.0. The molecule has 0 radical (unpaired) electrons. The molecule has 7 heteroatoms. The summed E-state index contributed by atoms with van der Waals surface area (Å²) >= 11 is 0. The lowest BCUT2D eigenvalue weighted by atomic mass is 10.0.